The summed E-state index contributed by atoms with van der Waals surface area (Å²) in [4.78, 5) is 0. The first kappa shape index (κ1) is 12.7. The number of hydrogen-bond donors (Lipinski definition) is 1. The van der Waals surface area contributed by atoms with Gasteiger partial charge in [0.2, 0.25) is 0 Å². The lowest BCUT2D eigenvalue weighted by atomic mass is 9.89. The molecule has 13 heavy (non-hydrogen) atoms. The summed E-state index contributed by atoms with van der Waals surface area (Å²) in [6, 6.07) is 0. The highest BCUT2D eigenvalue weighted by Gasteiger charge is 2.17. The summed E-state index contributed by atoms with van der Waals surface area (Å²) >= 11 is 0. The zero-order valence-electron chi connectivity index (χ0n) is 9.67. The molecule has 0 aliphatic heterocycles. The topological polar surface area (TPSA) is 20.2 Å². The van der Waals surface area contributed by atoms with Gasteiger partial charge in [-0.3, -0.25) is 0 Å². The van der Waals surface area contributed by atoms with Crippen molar-refractivity contribution < 1.29 is 5.11 Å². The maximum atomic E-state index is 9.81. The molecule has 0 aliphatic rings. The van der Waals surface area contributed by atoms with Gasteiger partial charge in [-0.25, -0.2) is 0 Å². The van der Waals surface area contributed by atoms with Crippen molar-refractivity contribution in [1.82, 2.24) is 0 Å². The van der Waals surface area contributed by atoms with E-state index in [1.807, 2.05) is 0 Å². The van der Waals surface area contributed by atoms with E-state index < -0.39 is 0 Å². The molecule has 1 nitrogen and oxygen atoms in total. The van der Waals surface area contributed by atoms with Crippen molar-refractivity contribution in [3.05, 3.63) is 11.6 Å². The van der Waals surface area contributed by atoms with Gasteiger partial charge in [-0.1, -0.05) is 39.3 Å². The Balaban J connectivity index is 4.05. The molecule has 0 heterocycles. The monoisotopic (exact) mass is 184 g/mol. The predicted octanol–water partition coefficient (Wildman–Crippen LogP) is 3.39. The average Bonchev–Trinajstić information content (AvgIpc) is 2.12. The van der Waals surface area contributed by atoms with Crippen LogP contribution < -0.4 is 0 Å². The summed E-state index contributed by atoms with van der Waals surface area (Å²) in [5.41, 5.74) is 1.45. The van der Waals surface area contributed by atoms with Crippen LogP contribution >= 0.6 is 0 Å². The highest BCUT2D eigenvalue weighted by atomic mass is 16.3. The number of hydrogen-bond acceptors (Lipinski definition) is 1. The van der Waals surface area contributed by atoms with Crippen LogP contribution in [-0.4, -0.2) is 11.2 Å². The van der Waals surface area contributed by atoms with Gasteiger partial charge in [0.25, 0.3) is 0 Å². The Morgan fingerprint density at radius 2 is 1.85 bits per heavy atom. The molecule has 0 rings (SSSR count). The number of rotatable bonds is 5. The summed E-state index contributed by atoms with van der Waals surface area (Å²) in [7, 11) is 0. The molecule has 0 aromatic rings. The first-order chi connectivity index (χ1) is 6.02. The third-order valence-corrected chi connectivity index (χ3v) is 2.71. The van der Waals surface area contributed by atoms with Crippen LogP contribution in [0.15, 0.2) is 11.6 Å². The average molecular weight is 184 g/mol. The Morgan fingerprint density at radius 1 is 1.31 bits per heavy atom. The van der Waals surface area contributed by atoms with Gasteiger partial charge < -0.3 is 5.11 Å². The molecule has 0 aromatic heterocycles. The Bertz CT molecular complexity index is 159. The van der Waals surface area contributed by atoms with Crippen LogP contribution in [0.5, 0.6) is 0 Å². The molecular weight excluding hydrogens is 160 g/mol. The lowest BCUT2D eigenvalue weighted by Gasteiger charge is -2.22. The Kier molecular flexibility index (Phi) is 6.06. The summed E-state index contributed by atoms with van der Waals surface area (Å²) < 4.78 is 0. The summed E-state index contributed by atoms with van der Waals surface area (Å²) in [5.74, 6) is 0.746. The molecule has 2 atom stereocenters. The van der Waals surface area contributed by atoms with E-state index in [4.69, 9.17) is 0 Å². The largest absolute Gasteiger partial charge is 0.393 e. The van der Waals surface area contributed by atoms with Gasteiger partial charge in [0, 0.05) is 0 Å². The van der Waals surface area contributed by atoms with E-state index in [2.05, 4.69) is 40.7 Å². The Labute approximate surface area is 82.9 Å². The molecule has 0 saturated heterocycles. The van der Waals surface area contributed by atoms with Gasteiger partial charge in [0.15, 0.2) is 0 Å². The van der Waals surface area contributed by atoms with Gasteiger partial charge >= 0.3 is 0 Å². The van der Waals surface area contributed by atoms with Crippen LogP contribution in [-0.2, 0) is 0 Å². The lowest BCUT2D eigenvalue weighted by Crippen LogP contribution is -2.23. The van der Waals surface area contributed by atoms with Gasteiger partial charge in [0.05, 0.1) is 6.10 Å². The maximum Gasteiger partial charge on any atom is 0.0591 e. The predicted molar refractivity (Wildman–Crippen MR) is 58.7 cm³/mol. The molecule has 0 saturated carbocycles. The van der Waals surface area contributed by atoms with Crippen molar-refractivity contribution in [3.63, 3.8) is 0 Å². The van der Waals surface area contributed by atoms with Gasteiger partial charge in [0.1, 0.15) is 0 Å². The van der Waals surface area contributed by atoms with E-state index >= 15 is 0 Å². The molecule has 0 aliphatic carbocycles. The molecule has 1 heteroatoms. The maximum absolute atomic E-state index is 9.81. The SMILES string of the molecule is CC=C(CC)C[C@@H](C)[C@H](O)C(C)C. The standard InChI is InChI=1S/C12H24O/c1-6-11(7-2)8-10(5)12(13)9(3)4/h6,9-10,12-13H,7-8H2,1-5H3/t10-,12-/m1/s1. The minimum Gasteiger partial charge on any atom is -0.393 e. The van der Waals surface area contributed by atoms with E-state index in [9.17, 15) is 5.11 Å². The zero-order chi connectivity index (χ0) is 10.4. The smallest absolute Gasteiger partial charge is 0.0591 e. The molecule has 0 aromatic carbocycles. The van der Waals surface area contributed by atoms with E-state index in [0.717, 1.165) is 12.8 Å². The Hall–Kier alpha value is -0.300. The van der Waals surface area contributed by atoms with Gasteiger partial charge in [-0.2, -0.15) is 0 Å². The second-order valence-corrected chi connectivity index (χ2v) is 4.22. The normalized spacial score (nSPS) is 17.6. The third kappa shape index (κ3) is 4.47. The molecule has 0 amide bonds. The fourth-order valence-electron chi connectivity index (χ4n) is 1.66. The van der Waals surface area contributed by atoms with Crippen LogP contribution in [0.2, 0.25) is 0 Å². The molecule has 1 N–H and O–H groups in total. The molecule has 0 fully saturated rings. The number of allylic oxidation sites excluding steroid dienone is 2. The molecule has 0 unspecified atom stereocenters. The highest BCUT2D eigenvalue weighted by Crippen LogP contribution is 2.21. The van der Waals surface area contributed by atoms with E-state index in [1.54, 1.807) is 0 Å². The number of aliphatic hydroxyl groups excluding tert-OH is 1. The Morgan fingerprint density at radius 3 is 2.15 bits per heavy atom. The van der Waals surface area contributed by atoms with Crippen molar-refractivity contribution in [2.75, 3.05) is 0 Å². The first-order valence-corrected chi connectivity index (χ1v) is 5.35. The third-order valence-electron chi connectivity index (χ3n) is 2.71. The first-order valence-electron chi connectivity index (χ1n) is 5.35. The van der Waals surface area contributed by atoms with Crippen LogP contribution in [0.4, 0.5) is 0 Å². The second kappa shape index (κ2) is 6.20. The minimum absolute atomic E-state index is 0.165. The quantitative estimate of drug-likeness (QED) is 0.649. The zero-order valence-corrected chi connectivity index (χ0v) is 9.67. The van der Waals surface area contributed by atoms with E-state index in [-0.39, 0.29) is 6.10 Å². The van der Waals surface area contributed by atoms with Crippen molar-refractivity contribution in [3.8, 4) is 0 Å². The lowest BCUT2D eigenvalue weighted by molar-refractivity contribution is 0.0721. The minimum atomic E-state index is -0.165. The summed E-state index contributed by atoms with van der Waals surface area (Å²) in [5, 5.41) is 9.81. The molecule has 0 spiro atoms. The van der Waals surface area contributed by atoms with E-state index in [0.29, 0.717) is 11.8 Å². The van der Waals surface area contributed by atoms with Crippen LogP contribution in [0, 0.1) is 11.8 Å². The van der Waals surface area contributed by atoms with Gasteiger partial charge in [-0.05, 0) is 31.6 Å². The van der Waals surface area contributed by atoms with Crippen molar-refractivity contribution in [2.45, 2.75) is 53.6 Å². The summed E-state index contributed by atoms with van der Waals surface area (Å²) in [6.45, 7) is 10.5. The molecule has 0 bridgehead atoms. The molecule has 78 valence electrons. The van der Waals surface area contributed by atoms with Crippen LogP contribution in [0.3, 0.4) is 0 Å². The van der Waals surface area contributed by atoms with Crippen LogP contribution in [0.1, 0.15) is 47.5 Å². The summed E-state index contributed by atoms with van der Waals surface area (Å²) in [6.07, 6.45) is 4.14. The van der Waals surface area contributed by atoms with Crippen LogP contribution in [0.25, 0.3) is 0 Å². The van der Waals surface area contributed by atoms with Crippen molar-refractivity contribution in [1.29, 1.82) is 0 Å². The van der Waals surface area contributed by atoms with Gasteiger partial charge in [-0.15, -0.1) is 0 Å². The highest BCUT2D eigenvalue weighted by molar-refractivity contribution is 5.00. The van der Waals surface area contributed by atoms with Crippen molar-refractivity contribution in [2.24, 2.45) is 11.8 Å². The van der Waals surface area contributed by atoms with E-state index in [1.165, 1.54) is 5.57 Å². The molecular formula is C12H24O. The second-order valence-electron chi connectivity index (χ2n) is 4.22. The van der Waals surface area contributed by atoms with Crippen molar-refractivity contribution >= 4 is 0 Å². The fourth-order valence-corrected chi connectivity index (χ4v) is 1.66. The fraction of sp³-hybridized carbons (Fsp3) is 0.833. The molecule has 0 radical (unpaired) electrons. The number of aliphatic hydroxyl groups is 1.